The van der Waals surface area contributed by atoms with Crippen LogP contribution in [-0.4, -0.2) is 62.0 Å². The van der Waals surface area contributed by atoms with Crippen molar-refractivity contribution in [3.05, 3.63) is 29.3 Å². The van der Waals surface area contributed by atoms with E-state index in [4.69, 9.17) is 31.5 Å². The van der Waals surface area contributed by atoms with Crippen LogP contribution in [0.25, 0.3) is 0 Å². The maximum Gasteiger partial charge on any atom is 0.242 e. The van der Waals surface area contributed by atoms with Gasteiger partial charge in [0.2, 0.25) is 5.91 Å². The fourth-order valence-corrected chi connectivity index (χ4v) is 3.24. The first-order valence-electron chi connectivity index (χ1n) is 8.78. The smallest absolute Gasteiger partial charge is 0.242 e. The molecule has 0 saturated carbocycles. The molecule has 0 aliphatic carbocycles. The van der Waals surface area contributed by atoms with Gasteiger partial charge in [0, 0.05) is 31.2 Å². The van der Waals surface area contributed by atoms with Crippen molar-refractivity contribution in [1.82, 2.24) is 4.90 Å². The molecule has 2 aliphatic rings. The molecule has 1 unspecified atom stereocenters. The van der Waals surface area contributed by atoms with Gasteiger partial charge in [0.1, 0.15) is 17.9 Å². The Morgan fingerprint density at radius 3 is 2.68 bits per heavy atom. The van der Waals surface area contributed by atoms with Gasteiger partial charge < -0.3 is 24.8 Å². The number of hydrogen-bond acceptors (Lipinski definition) is 5. The van der Waals surface area contributed by atoms with Gasteiger partial charge in [-0.3, -0.25) is 4.79 Å². The highest BCUT2D eigenvalue weighted by molar-refractivity contribution is 6.30. The van der Waals surface area contributed by atoms with Crippen molar-refractivity contribution in [3.8, 4) is 5.75 Å². The molecule has 2 N–H and O–H groups in total. The van der Waals surface area contributed by atoms with Gasteiger partial charge in [0.25, 0.3) is 0 Å². The first kappa shape index (κ1) is 18.5. The number of likely N-dealkylation sites (tertiary alicyclic amines) is 1. The highest BCUT2D eigenvalue weighted by atomic mass is 35.5. The number of ether oxygens (including phenoxy) is 3. The number of halogens is 1. The van der Waals surface area contributed by atoms with Crippen LogP contribution in [0, 0.1) is 0 Å². The second-order valence-corrected chi connectivity index (χ2v) is 6.95. The van der Waals surface area contributed by atoms with E-state index >= 15 is 0 Å². The van der Waals surface area contributed by atoms with Crippen molar-refractivity contribution >= 4 is 17.5 Å². The molecule has 2 saturated heterocycles. The highest BCUT2D eigenvalue weighted by Crippen LogP contribution is 2.21. The summed E-state index contributed by atoms with van der Waals surface area (Å²) < 4.78 is 17.0. The predicted molar refractivity (Wildman–Crippen MR) is 94.8 cm³/mol. The van der Waals surface area contributed by atoms with Crippen molar-refractivity contribution < 1.29 is 19.0 Å². The van der Waals surface area contributed by atoms with Crippen LogP contribution in [0.15, 0.2) is 24.3 Å². The Hall–Kier alpha value is -1.34. The number of nitrogens with zero attached hydrogens (tertiary/aromatic N) is 1. The van der Waals surface area contributed by atoms with Crippen LogP contribution < -0.4 is 10.5 Å². The average Bonchev–Trinajstić information content (AvgIpc) is 3.10. The molecule has 7 heteroatoms. The molecule has 1 amide bonds. The topological polar surface area (TPSA) is 74.0 Å². The van der Waals surface area contributed by atoms with E-state index < -0.39 is 6.04 Å². The normalized spacial score (nSPS) is 22.8. The summed E-state index contributed by atoms with van der Waals surface area (Å²) in [5, 5.41) is 0.672. The summed E-state index contributed by atoms with van der Waals surface area (Å²) in [6.45, 7) is 2.88. The minimum Gasteiger partial charge on any atom is -0.489 e. The average molecular weight is 369 g/mol. The molecule has 2 fully saturated rings. The largest absolute Gasteiger partial charge is 0.489 e. The molecule has 6 nitrogen and oxygen atoms in total. The Morgan fingerprint density at radius 2 is 1.96 bits per heavy atom. The third kappa shape index (κ3) is 5.31. The van der Waals surface area contributed by atoms with Crippen LogP contribution in [0.2, 0.25) is 5.02 Å². The lowest BCUT2D eigenvalue weighted by atomic mass is 10.1. The number of hydrogen-bond donors (Lipinski definition) is 1. The predicted octanol–water partition coefficient (Wildman–Crippen LogP) is 1.84. The van der Waals surface area contributed by atoms with Gasteiger partial charge in [-0.25, -0.2) is 0 Å². The van der Waals surface area contributed by atoms with Crippen LogP contribution in [0.1, 0.15) is 19.3 Å². The van der Waals surface area contributed by atoms with Crippen molar-refractivity contribution in [1.29, 1.82) is 0 Å². The summed E-state index contributed by atoms with van der Waals surface area (Å²) in [4.78, 5) is 14.2. The van der Waals surface area contributed by atoms with E-state index in [-0.39, 0.29) is 24.7 Å². The summed E-state index contributed by atoms with van der Waals surface area (Å²) in [5.74, 6) is 0.685. The van der Waals surface area contributed by atoms with E-state index in [0.29, 0.717) is 31.3 Å². The van der Waals surface area contributed by atoms with E-state index in [2.05, 4.69) is 0 Å². The zero-order valence-corrected chi connectivity index (χ0v) is 15.0. The Kier molecular flexibility index (Phi) is 6.53. The van der Waals surface area contributed by atoms with Crippen LogP contribution in [-0.2, 0) is 14.3 Å². The number of carbonyl (C=O) groups excluding carboxylic acids is 1. The Labute approximate surface area is 153 Å². The first-order chi connectivity index (χ1) is 12.1. The quantitative estimate of drug-likeness (QED) is 0.829. The highest BCUT2D eigenvalue weighted by Gasteiger charge is 2.31. The van der Waals surface area contributed by atoms with E-state index in [0.717, 1.165) is 25.0 Å². The van der Waals surface area contributed by atoms with Crippen molar-refractivity contribution in [2.24, 2.45) is 5.73 Å². The summed E-state index contributed by atoms with van der Waals surface area (Å²) in [6, 6.07) is 6.62. The lowest BCUT2D eigenvalue weighted by Gasteiger charge is -2.25. The van der Waals surface area contributed by atoms with E-state index in [1.807, 2.05) is 12.1 Å². The molecule has 1 aromatic rings. The summed E-state index contributed by atoms with van der Waals surface area (Å²) in [7, 11) is 0. The molecular weight excluding hydrogens is 344 g/mol. The third-order valence-electron chi connectivity index (χ3n) is 4.57. The molecular formula is C18H25ClN2O4. The third-order valence-corrected chi connectivity index (χ3v) is 4.82. The molecule has 2 atom stereocenters. The number of benzene rings is 1. The fraction of sp³-hybridized carbons (Fsp3) is 0.611. The molecule has 0 spiro atoms. The minimum atomic E-state index is -0.628. The zero-order valence-electron chi connectivity index (χ0n) is 14.2. The molecule has 138 valence electrons. The maximum absolute atomic E-state index is 12.5. The van der Waals surface area contributed by atoms with Crippen LogP contribution in [0.4, 0.5) is 0 Å². The second-order valence-electron chi connectivity index (χ2n) is 6.52. The van der Waals surface area contributed by atoms with Gasteiger partial charge >= 0.3 is 0 Å². The molecule has 3 rings (SSSR count). The van der Waals surface area contributed by atoms with Crippen molar-refractivity contribution in [2.75, 3.05) is 32.9 Å². The van der Waals surface area contributed by atoms with Gasteiger partial charge in [-0.15, -0.1) is 0 Å². The number of amides is 1. The molecule has 0 radical (unpaired) electrons. The zero-order chi connectivity index (χ0) is 17.6. The van der Waals surface area contributed by atoms with Gasteiger partial charge in [-0.05, 0) is 37.1 Å². The van der Waals surface area contributed by atoms with Gasteiger partial charge in [0.15, 0.2) is 0 Å². The summed E-state index contributed by atoms with van der Waals surface area (Å²) in [5.41, 5.74) is 6.03. The van der Waals surface area contributed by atoms with Crippen LogP contribution in [0.5, 0.6) is 5.75 Å². The Balaban J connectivity index is 1.42. The first-order valence-corrected chi connectivity index (χ1v) is 9.15. The number of rotatable bonds is 6. The van der Waals surface area contributed by atoms with Gasteiger partial charge in [0.05, 0.1) is 19.3 Å². The molecule has 25 heavy (non-hydrogen) atoms. The van der Waals surface area contributed by atoms with E-state index in [9.17, 15) is 4.79 Å². The lowest BCUT2D eigenvalue weighted by Crippen LogP contribution is -2.46. The van der Waals surface area contributed by atoms with Crippen LogP contribution in [0.3, 0.4) is 0 Å². The fourth-order valence-electron chi connectivity index (χ4n) is 3.12. The standard InChI is InChI=1S/C18H25ClN2O4/c19-13-1-3-15(4-2-13)25-16-5-8-21(11-16)18(22)17(20)12-24-14-6-9-23-10-7-14/h1-4,14,16-17H,5-12,20H2/t16?,17-/m0/s1. The second kappa shape index (κ2) is 8.85. The molecule has 0 aromatic heterocycles. The Morgan fingerprint density at radius 1 is 1.24 bits per heavy atom. The molecule has 2 aliphatic heterocycles. The molecule has 0 bridgehead atoms. The Bertz CT molecular complexity index is 563. The van der Waals surface area contributed by atoms with E-state index in [1.54, 1.807) is 17.0 Å². The SMILES string of the molecule is N[C@@H](COC1CCOCC1)C(=O)N1CCC(Oc2ccc(Cl)cc2)C1. The lowest BCUT2D eigenvalue weighted by molar-refractivity contribution is -0.134. The van der Waals surface area contributed by atoms with Gasteiger partial charge in [-0.2, -0.15) is 0 Å². The molecule has 1 aromatic carbocycles. The number of nitrogens with two attached hydrogens (primary N) is 1. The maximum atomic E-state index is 12.5. The minimum absolute atomic E-state index is 0.0197. The van der Waals surface area contributed by atoms with E-state index in [1.165, 1.54) is 0 Å². The monoisotopic (exact) mass is 368 g/mol. The summed E-state index contributed by atoms with van der Waals surface area (Å²) in [6.07, 6.45) is 2.64. The molecule has 2 heterocycles. The van der Waals surface area contributed by atoms with Gasteiger partial charge in [-0.1, -0.05) is 11.6 Å². The van der Waals surface area contributed by atoms with Crippen molar-refractivity contribution in [2.45, 2.75) is 37.5 Å². The summed E-state index contributed by atoms with van der Waals surface area (Å²) >= 11 is 5.87. The number of carbonyl (C=O) groups is 1. The van der Waals surface area contributed by atoms with Crippen molar-refractivity contribution in [3.63, 3.8) is 0 Å². The van der Waals surface area contributed by atoms with Crippen LogP contribution >= 0.6 is 11.6 Å².